The van der Waals surface area contributed by atoms with Gasteiger partial charge >= 0.3 is 0 Å². The Labute approximate surface area is 113 Å². The van der Waals surface area contributed by atoms with Crippen molar-refractivity contribution in [3.8, 4) is 11.3 Å². The zero-order valence-corrected chi connectivity index (χ0v) is 11.6. The minimum Gasteiger partial charge on any atom is -0.300 e. The molecule has 2 heterocycles. The zero-order chi connectivity index (χ0) is 13.4. The second-order valence-corrected chi connectivity index (χ2v) is 5.23. The smallest absolute Gasteiger partial charge is 0.137 e. The molecule has 0 unspecified atom stereocenters. The molecule has 96 valence electrons. The van der Waals surface area contributed by atoms with Crippen LogP contribution in [0.2, 0.25) is 0 Å². The van der Waals surface area contributed by atoms with E-state index in [4.69, 9.17) is 4.98 Å². The highest BCUT2D eigenvalue weighted by Gasteiger charge is 2.17. The molecular weight excluding hydrogens is 232 g/mol. The molecule has 2 aromatic heterocycles. The Morgan fingerprint density at radius 2 is 1.68 bits per heavy atom. The molecule has 0 atom stereocenters. The molecule has 0 saturated heterocycles. The van der Waals surface area contributed by atoms with Crippen LogP contribution >= 0.6 is 0 Å². The van der Waals surface area contributed by atoms with E-state index < -0.39 is 0 Å². The standard InChI is InChI=1S/C17H18N2/c1-12(2)17-16(14-9-5-4-6-10-14)18-15-11-7-8-13(3)19(15)17/h4-12H,1-3H3. The van der Waals surface area contributed by atoms with Crippen molar-refractivity contribution in [2.45, 2.75) is 26.7 Å². The van der Waals surface area contributed by atoms with Gasteiger partial charge in [0.2, 0.25) is 0 Å². The van der Waals surface area contributed by atoms with E-state index in [1.807, 2.05) is 6.07 Å². The SMILES string of the molecule is Cc1cccc2nc(-c3ccccc3)c(C(C)C)n12. The predicted octanol–water partition coefficient (Wildman–Crippen LogP) is 4.43. The third-order valence-electron chi connectivity index (χ3n) is 3.47. The molecule has 1 aromatic carbocycles. The second kappa shape index (κ2) is 4.54. The molecule has 0 amide bonds. The average molecular weight is 250 g/mol. The number of nitrogens with zero attached hydrogens (tertiary/aromatic N) is 2. The quantitative estimate of drug-likeness (QED) is 0.657. The van der Waals surface area contributed by atoms with Crippen LogP contribution in [0.15, 0.2) is 48.5 Å². The van der Waals surface area contributed by atoms with Crippen LogP contribution in [0.4, 0.5) is 0 Å². The van der Waals surface area contributed by atoms with Crippen LogP contribution in [0, 0.1) is 6.92 Å². The monoisotopic (exact) mass is 250 g/mol. The van der Waals surface area contributed by atoms with E-state index in [-0.39, 0.29) is 0 Å². The lowest BCUT2D eigenvalue weighted by molar-refractivity contribution is 0.802. The number of hydrogen-bond acceptors (Lipinski definition) is 1. The van der Waals surface area contributed by atoms with Gasteiger partial charge in [-0.15, -0.1) is 0 Å². The number of aryl methyl sites for hydroxylation is 1. The van der Waals surface area contributed by atoms with E-state index in [1.54, 1.807) is 0 Å². The van der Waals surface area contributed by atoms with Crippen molar-refractivity contribution in [1.82, 2.24) is 9.38 Å². The van der Waals surface area contributed by atoms with Crippen molar-refractivity contribution in [1.29, 1.82) is 0 Å². The van der Waals surface area contributed by atoms with Crippen molar-refractivity contribution in [2.24, 2.45) is 0 Å². The molecule has 0 saturated carbocycles. The van der Waals surface area contributed by atoms with E-state index >= 15 is 0 Å². The minimum absolute atomic E-state index is 0.436. The first-order chi connectivity index (χ1) is 9.18. The fourth-order valence-electron chi connectivity index (χ4n) is 2.62. The fourth-order valence-corrected chi connectivity index (χ4v) is 2.62. The van der Waals surface area contributed by atoms with Gasteiger partial charge in [-0.2, -0.15) is 0 Å². The Bertz CT molecular complexity index is 709. The van der Waals surface area contributed by atoms with Gasteiger partial charge in [0.15, 0.2) is 0 Å². The number of benzene rings is 1. The molecule has 0 aliphatic carbocycles. The first kappa shape index (κ1) is 12.0. The third-order valence-corrected chi connectivity index (χ3v) is 3.47. The first-order valence-corrected chi connectivity index (χ1v) is 6.72. The summed E-state index contributed by atoms with van der Waals surface area (Å²) in [5.41, 5.74) is 5.84. The Balaban J connectivity index is 2.37. The van der Waals surface area contributed by atoms with Gasteiger partial charge in [-0.25, -0.2) is 4.98 Å². The van der Waals surface area contributed by atoms with E-state index in [9.17, 15) is 0 Å². The van der Waals surface area contributed by atoms with E-state index in [0.29, 0.717) is 5.92 Å². The van der Waals surface area contributed by atoms with Gasteiger partial charge in [-0.3, -0.25) is 0 Å². The largest absolute Gasteiger partial charge is 0.300 e. The highest BCUT2D eigenvalue weighted by molar-refractivity contribution is 5.67. The van der Waals surface area contributed by atoms with E-state index in [0.717, 1.165) is 11.3 Å². The van der Waals surface area contributed by atoms with Crippen molar-refractivity contribution in [3.63, 3.8) is 0 Å². The summed E-state index contributed by atoms with van der Waals surface area (Å²) in [4.78, 5) is 4.83. The summed E-state index contributed by atoms with van der Waals surface area (Å²) in [6, 6.07) is 16.7. The molecule has 0 aliphatic rings. The maximum atomic E-state index is 4.83. The number of rotatable bonds is 2. The van der Waals surface area contributed by atoms with Crippen molar-refractivity contribution in [2.75, 3.05) is 0 Å². The van der Waals surface area contributed by atoms with E-state index in [1.165, 1.54) is 17.0 Å². The van der Waals surface area contributed by atoms with Crippen molar-refractivity contribution < 1.29 is 0 Å². The number of imidazole rings is 1. The number of pyridine rings is 1. The second-order valence-electron chi connectivity index (χ2n) is 5.23. The van der Waals surface area contributed by atoms with Gasteiger partial charge in [-0.05, 0) is 25.0 Å². The molecular formula is C17H18N2. The van der Waals surface area contributed by atoms with Gasteiger partial charge in [-0.1, -0.05) is 50.2 Å². The summed E-state index contributed by atoms with van der Waals surface area (Å²) in [6.07, 6.45) is 0. The van der Waals surface area contributed by atoms with E-state index in [2.05, 4.69) is 67.6 Å². The van der Waals surface area contributed by atoms with Crippen molar-refractivity contribution >= 4 is 5.65 Å². The minimum atomic E-state index is 0.436. The summed E-state index contributed by atoms with van der Waals surface area (Å²) >= 11 is 0. The van der Waals surface area contributed by atoms with Crippen LogP contribution in [0.1, 0.15) is 31.2 Å². The summed E-state index contributed by atoms with van der Waals surface area (Å²) < 4.78 is 2.27. The van der Waals surface area contributed by atoms with Crippen LogP contribution in [0.5, 0.6) is 0 Å². The highest BCUT2D eigenvalue weighted by atomic mass is 15.0. The third kappa shape index (κ3) is 1.93. The molecule has 0 bridgehead atoms. The molecule has 3 rings (SSSR count). The molecule has 2 nitrogen and oxygen atoms in total. The first-order valence-electron chi connectivity index (χ1n) is 6.72. The lowest BCUT2D eigenvalue weighted by Gasteiger charge is -2.10. The number of fused-ring (bicyclic) bond motifs is 1. The topological polar surface area (TPSA) is 17.3 Å². The van der Waals surface area contributed by atoms with Crippen LogP contribution in [0.3, 0.4) is 0 Å². The number of aromatic nitrogens is 2. The Kier molecular flexibility index (Phi) is 2.86. The maximum Gasteiger partial charge on any atom is 0.137 e. The van der Waals surface area contributed by atoms with Gasteiger partial charge < -0.3 is 4.40 Å². The zero-order valence-electron chi connectivity index (χ0n) is 11.6. The fraction of sp³-hybridized carbons (Fsp3) is 0.235. The molecule has 0 spiro atoms. The summed E-state index contributed by atoms with van der Waals surface area (Å²) in [6.45, 7) is 6.58. The maximum absolute atomic E-state index is 4.83. The molecule has 0 aliphatic heterocycles. The van der Waals surface area contributed by atoms with Gasteiger partial charge in [0.1, 0.15) is 5.65 Å². The number of hydrogen-bond donors (Lipinski definition) is 0. The Hall–Kier alpha value is -2.09. The van der Waals surface area contributed by atoms with Crippen molar-refractivity contribution in [3.05, 3.63) is 59.9 Å². The van der Waals surface area contributed by atoms with Crippen LogP contribution < -0.4 is 0 Å². The predicted molar refractivity (Wildman–Crippen MR) is 79.5 cm³/mol. The molecule has 0 radical (unpaired) electrons. The summed E-state index contributed by atoms with van der Waals surface area (Å²) in [7, 11) is 0. The normalized spacial score (nSPS) is 11.4. The summed E-state index contributed by atoms with van der Waals surface area (Å²) in [5.74, 6) is 0.436. The Morgan fingerprint density at radius 3 is 2.37 bits per heavy atom. The molecule has 3 aromatic rings. The summed E-state index contributed by atoms with van der Waals surface area (Å²) in [5, 5.41) is 0. The molecule has 0 N–H and O–H groups in total. The molecule has 0 fully saturated rings. The van der Waals surface area contributed by atoms with Crippen LogP contribution in [0.25, 0.3) is 16.9 Å². The lowest BCUT2D eigenvalue weighted by atomic mass is 10.0. The van der Waals surface area contributed by atoms with Gasteiger partial charge in [0.05, 0.1) is 11.4 Å². The molecule has 19 heavy (non-hydrogen) atoms. The Morgan fingerprint density at radius 1 is 0.947 bits per heavy atom. The van der Waals surface area contributed by atoms with Crippen LogP contribution in [-0.4, -0.2) is 9.38 Å². The highest BCUT2D eigenvalue weighted by Crippen LogP contribution is 2.30. The average Bonchev–Trinajstić information content (AvgIpc) is 2.81. The van der Waals surface area contributed by atoms with Crippen LogP contribution in [-0.2, 0) is 0 Å². The van der Waals surface area contributed by atoms with Gasteiger partial charge in [0, 0.05) is 11.3 Å². The van der Waals surface area contributed by atoms with Gasteiger partial charge in [0.25, 0.3) is 0 Å². The lowest BCUT2D eigenvalue weighted by Crippen LogP contribution is -1.99. The molecule has 2 heteroatoms.